The Hall–Kier alpha value is -2.20. The number of hydrogen-bond acceptors (Lipinski definition) is 2. The molecule has 3 rings (SSSR count). The monoisotopic (exact) mass is 343 g/mol. The van der Waals surface area contributed by atoms with Gasteiger partial charge in [0.2, 0.25) is 0 Å². The first-order chi connectivity index (χ1) is 11.7. The molecule has 0 bridgehead atoms. The molecule has 2 aromatic rings. The highest BCUT2D eigenvalue weighted by atomic mass is 35.5. The molecule has 2 aromatic carbocycles. The number of carbonyl (C=O) groups is 1. The lowest BCUT2D eigenvalue weighted by atomic mass is 10.1. The molecule has 1 heterocycles. The van der Waals surface area contributed by atoms with Crippen LogP contribution in [0.3, 0.4) is 0 Å². The van der Waals surface area contributed by atoms with Gasteiger partial charge in [-0.2, -0.15) is 0 Å². The van der Waals surface area contributed by atoms with Crippen LogP contribution in [0, 0.1) is 0 Å². The van der Waals surface area contributed by atoms with Crippen molar-refractivity contribution in [1.82, 2.24) is 5.32 Å². The predicted octanol–water partition coefficient (Wildman–Crippen LogP) is 4.30. The lowest BCUT2D eigenvalue weighted by Crippen LogP contribution is -2.30. The molecular formula is C19H22ClN3O. The Kier molecular flexibility index (Phi) is 5.59. The summed E-state index contributed by atoms with van der Waals surface area (Å²) in [5, 5.41) is 6.46. The maximum atomic E-state index is 11.9. The number of urea groups is 1. The summed E-state index contributed by atoms with van der Waals surface area (Å²) in [5.41, 5.74) is 3.18. The molecule has 0 saturated carbocycles. The fourth-order valence-corrected chi connectivity index (χ4v) is 3.00. The maximum absolute atomic E-state index is 11.9. The molecule has 126 valence electrons. The average Bonchev–Trinajstić information content (AvgIpc) is 3.12. The zero-order chi connectivity index (χ0) is 16.8. The van der Waals surface area contributed by atoms with Gasteiger partial charge >= 0.3 is 6.03 Å². The Morgan fingerprint density at radius 3 is 2.33 bits per heavy atom. The Labute approximate surface area is 147 Å². The summed E-state index contributed by atoms with van der Waals surface area (Å²) in [5.74, 6) is 0. The molecule has 1 saturated heterocycles. The number of nitrogens with one attached hydrogen (secondary N) is 2. The highest BCUT2D eigenvalue weighted by Gasteiger charge is 2.12. The van der Waals surface area contributed by atoms with Crippen LogP contribution < -0.4 is 15.5 Å². The second kappa shape index (κ2) is 8.06. The third-order valence-corrected chi connectivity index (χ3v) is 4.46. The number of hydrogen-bond donors (Lipinski definition) is 2. The van der Waals surface area contributed by atoms with Crippen LogP contribution in [0.2, 0.25) is 5.02 Å². The Morgan fingerprint density at radius 1 is 1.00 bits per heavy atom. The van der Waals surface area contributed by atoms with Gasteiger partial charge in [0.1, 0.15) is 0 Å². The third-order valence-electron chi connectivity index (χ3n) is 4.21. The minimum absolute atomic E-state index is 0.183. The maximum Gasteiger partial charge on any atom is 0.319 e. The van der Waals surface area contributed by atoms with Gasteiger partial charge in [0.05, 0.1) is 0 Å². The Morgan fingerprint density at radius 2 is 1.67 bits per heavy atom. The second-order valence-corrected chi connectivity index (χ2v) is 6.43. The molecule has 5 heteroatoms. The van der Waals surface area contributed by atoms with Crippen LogP contribution in [0.4, 0.5) is 16.2 Å². The van der Waals surface area contributed by atoms with E-state index in [0.29, 0.717) is 6.54 Å². The second-order valence-electron chi connectivity index (χ2n) is 6.00. The van der Waals surface area contributed by atoms with Gasteiger partial charge in [0, 0.05) is 36.0 Å². The van der Waals surface area contributed by atoms with Crippen molar-refractivity contribution in [2.75, 3.05) is 29.9 Å². The zero-order valence-corrected chi connectivity index (χ0v) is 14.4. The normalized spacial score (nSPS) is 13.8. The van der Waals surface area contributed by atoms with Crippen molar-refractivity contribution in [3.63, 3.8) is 0 Å². The molecule has 4 nitrogen and oxygen atoms in total. The first-order valence-electron chi connectivity index (χ1n) is 8.35. The summed E-state index contributed by atoms with van der Waals surface area (Å²) in [7, 11) is 0. The molecule has 1 aliphatic heterocycles. The van der Waals surface area contributed by atoms with Gasteiger partial charge in [-0.3, -0.25) is 0 Å². The number of nitrogens with zero attached hydrogens (tertiary/aromatic N) is 1. The van der Waals surface area contributed by atoms with E-state index in [-0.39, 0.29) is 6.03 Å². The summed E-state index contributed by atoms with van der Waals surface area (Å²) in [6.07, 6.45) is 3.30. The number of amides is 2. The summed E-state index contributed by atoms with van der Waals surface area (Å²) >= 11 is 5.86. The van der Waals surface area contributed by atoms with Gasteiger partial charge < -0.3 is 15.5 Å². The fourth-order valence-electron chi connectivity index (χ4n) is 2.88. The largest absolute Gasteiger partial charge is 0.372 e. The van der Waals surface area contributed by atoms with Crippen molar-refractivity contribution in [2.24, 2.45) is 0 Å². The van der Waals surface area contributed by atoms with Gasteiger partial charge in [-0.15, -0.1) is 0 Å². The van der Waals surface area contributed by atoms with Crippen LogP contribution in [0.25, 0.3) is 0 Å². The van der Waals surface area contributed by atoms with Gasteiger partial charge in [-0.25, -0.2) is 4.79 Å². The molecule has 24 heavy (non-hydrogen) atoms. The zero-order valence-electron chi connectivity index (χ0n) is 13.6. The van der Waals surface area contributed by atoms with Crippen molar-refractivity contribution in [3.05, 3.63) is 59.1 Å². The Bertz CT molecular complexity index is 664. The molecule has 0 aliphatic carbocycles. The first-order valence-corrected chi connectivity index (χ1v) is 8.73. The van der Waals surface area contributed by atoms with Crippen LogP contribution in [0.1, 0.15) is 18.4 Å². The van der Waals surface area contributed by atoms with E-state index in [1.807, 2.05) is 36.4 Å². The van der Waals surface area contributed by atoms with E-state index >= 15 is 0 Å². The number of benzene rings is 2. The van der Waals surface area contributed by atoms with E-state index in [1.54, 1.807) is 0 Å². The number of carbonyl (C=O) groups excluding carboxylic acids is 1. The van der Waals surface area contributed by atoms with Crippen LogP contribution in [-0.4, -0.2) is 25.7 Å². The van der Waals surface area contributed by atoms with Crippen LogP contribution in [-0.2, 0) is 6.42 Å². The smallest absolute Gasteiger partial charge is 0.319 e. The molecular weight excluding hydrogens is 322 g/mol. The molecule has 1 fully saturated rings. The third kappa shape index (κ3) is 4.65. The molecule has 0 radical (unpaired) electrons. The van der Waals surface area contributed by atoms with Crippen LogP contribution in [0.15, 0.2) is 48.5 Å². The van der Waals surface area contributed by atoms with Crippen LogP contribution >= 0.6 is 11.6 Å². The van der Waals surface area contributed by atoms with Crippen molar-refractivity contribution >= 4 is 29.0 Å². The number of anilines is 2. The lowest BCUT2D eigenvalue weighted by molar-refractivity contribution is 0.252. The molecule has 1 aliphatic rings. The molecule has 2 amide bonds. The summed E-state index contributed by atoms with van der Waals surface area (Å²) in [4.78, 5) is 14.3. The van der Waals surface area contributed by atoms with E-state index in [1.165, 1.54) is 18.5 Å². The van der Waals surface area contributed by atoms with Crippen molar-refractivity contribution in [2.45, 2.75) is 19.3 Å². The summed E-state index contributed by atoms with van der Waals surface area (Å²) in [6.45, 7) is 2.83. The first kappa shape index (κ1) is 16.7. The molecule has 0 aromatic heterocycles. The predicted molar refractivity (Wildman–Crippen MR) is 100 cm³/mol. The SMILES string of the molecule is O=C(NCCc1ccc(Cl)cc1)Nc1ccc(N2CCCC2)cc1. The highest BCUT2D eigenvalue weighted by molar-refractivity contribution is 6.30. The van der Waals surface area contributed by atoms with Crippen molar-refractivity contribution < 1.29 is 4.79 Å². The fraction of sp³-hybridized carbons (Fsp3) is 0.316. The molecule has 0 atom stereocenters. The number of rotatable bonds is 5. The quantitative estimate of drug-likeness (QED) is 0.849. The minimum atomic E-state index is -0.183. The van der Waals surface area contributed by atoms with E-state index in [9.17, 15) is 4.79 Å². The van der Waals surface area contributed by atoms with Crippen molar-refractivity contribution in [1.29, 1.82) is 0 Å². The van der Waals surface area contributed by atoms with Gasteiger partial charge in [0.15, 0.2) is 0 Å². The highest BCUT2D eigenvalue weighted by Crippen LogP contribution is 2.21. The van der Waals surface area contributed by atoms with E-state index < -0.39 is 0 Å². The summed E-state index contributed by atoms with van der Waals surface area (Å²) < 4.78 is 0. The van der Waals surface area contributed by atoms with Gasteiger partial charge in [0.25, 0.3) is 0 Å². The number of halogens is 1. The topological polar surface area (TPSA) is 44.4 Å². The summed E-state index contributed by atoms with van der Waals surface area (Å²) in [6, 6.07) is 15.5. The standard InChI is InChI=1S/C19H22ClN3O/c20-16-5-3-15(4-6-16)11-12-21-19(24)22-17-7-9-18(10-8-17)23-13-1-2-14-23/h3-10H,1-2,11-14H2,(H2,21,22,24). The lowest BCUT2D eigenvalue weighted by Gasteiger charge is -2.17. The molecule has 0 spiro atoms. The van der Waals surface area contributed by atoms with Gasteiger partial charge in [-0.05, 0) is 61.2 Å². The van der Waals surface area contributed by atoms with E-state index in [0.717, 1.165) is 35.8 Å². The molecule has 2 N–H and O–H groups in total. The minimum Gasteiger partial charge on any atom is -0.372 e. The average molecular weight is 344 g/mol. The Balaban J connectivity index is 1.43. The van der Waals surface area contributed by atoms with Crippen molar-refractivity contribution in [3.8, 4) is 0 Å². The van der Waals surface area contributed by atoms with Crippen LogP contribution in [0.5, 0.6) is 0 Å². The molecule has 0 unspecified atom stereocenters. The van der Waals surface area contributed by atoms with E-state index in [2.05, 4.69) is 27.7 Å². The van der Waals surface area contributed by atoms with Gasteiger partial charge in [-0.1, -0.05) is 23.7 Å². The van der Waals surface area contributed by atoms with E-state index in [4.69, 9.17) is 11.6 Å².